The van der Waals surface area contributed by atoms with E-state index in [1.165, 1.54) is 0 Å². The molecule has 1 saturated heterocycles. The number of carbonyl (C=O) groups excluding carboxylic acids is 1. The Kier molecular flexibility index (Phi) is 6.99. The molecule has 0 N–H and O–H groups in total. The molecule has 0 aliphatic carbocycles. The van der Waals surface area contributed by atoms with Crippen LogP contribution in [-0.2, 0) is 9.53 Å². The maximum absolute atomic E-state index is 11.4. The molecule has 0 radical (unpaired) electrons. The van der Waals surface area contributed by atoms with Crippen molar-refractivity contribution in [3.05, 3.63) is 30.6 Å². The second kappa shape index (κ2) is 10.1. The molecule has 0 amide bonds. The number of imidazole rings is 1. The molecule has 2 aromatic heterocycles. The van der Waals surface area contributed by atoms with Gasteiger partial charge in [-0.05, 0) is 44.5 Å². The van der Waals surface area contributed by atoms with Gasteiger partial charge in [-0.15, -0.1) is 0 Å². The normalized spacial score (nSPS) is 14.3. The van der Waals surface area contributed by atoms with E-state index in [-0.39, 0.29) is 11.8 Å². The molecule has 0 atom stereocenters. The molecule has 1 aromatic carbocycles. The minimum absolute atomic E-state index is 0.246. The van der Waals surface area contributed by atoms with Crippen LogP contribution in [0, 0.1) is 0 Å². The van der Waals surface area contributed by atoms with Crippen molar-refractivity contribution in [2.45, 2.75) is 46.1 Å². The molecule has 0 bridgehead atoms. The van der Waals surface area contributed by atoms with Gasteiger partial charge in [0.25, 0.3) is 0 Å². The van der Waals surface area contributed by atoms with Crippen LogP contribution < -0.4 is 9.64 Å². The zero-order valence-electron chi connectivity index (χ0n) is 19.1. The van der Waals surface area contributed by atoms with Gasteiger partial charge < -0.3 is 18.9 Å². The number of morpholine rings is 1. The number of Topliss-reactive ketones (excluding diaryl/α,β-unsaturated/α-hetero) is 1. The Morgan fingerprint density at radius 1 is 1.16 bits per heavy atom. The van der Waals surface area contributed by atoms with Gasteiger partial charge >= 0.3 is 0 Å². The number of ketones is 1. The third-order valence-electron chi connectivity index (χ3n) is 5.65. The molecule has 3 heterocycles. The van der Waals surface area contributed by atoms with Gasteiger partial charge in [-0.2, -0.15) is 4.98 Å². The molecule has 170 valence electrons. The molecule has 1 aliphatic heterocycles. The first-order chi connectivity index (χ1) is 15.6. The number of hydrogen-bond donors (Lipinski definition) is 0. The number of aromatic nitrogens is 4. The van der Waals surface area contributed by atoms with Gasteiger partial charge in [0.05, 0.1) is 26.1 Å². The van der Waals surface area contributed by atoms with Crippen molar-refractivity contribution in [1.29, 1.82) is 0 Å². The van der Waals surface area contributed by atoms with Crippen LogP contribution in [0.1, 0.15) is 46.1 Å². The third kappa shape index (κ3) is 4.91. The Morgan fingerprint density at radius 3 is 2.59 bits per heavy atom. The van der Waals surface area contributed by atoms with Crippen LogP contribution in [0.5, 0.6) is 5.75 Å². The molecular formula is C24H31N5O3. The summed E-state index contributed by atoms with van der Waals surface area (Å²) in [6.45, 7) is 9.56. The van der Waals surface area contributed by atoms with E-state index in [0.717, 1.165) is 47.7 Å². The summed E-state index contributed by atoms with van der Waals surface area (Å²) in [6.07, 6.45) is 3.72. The van der Waals surface area contributed by atoms with Gasteiger partial charge in [0.15, 0.2) is 5.65 Å². The minimum Gasteiger partial charge on any atom is -0.494 e. The van der Waals surface area contributed by atoms with E-state index < -0.39 is 0 Å². The number of anilines is 1. The maximum Gasteiger partial charge on any atom is 0.228 e. The standard InChI is InChI=1S/C24H31N5O3/c1-4-19(30)6-5-13-32-20-9-7-18(8-10-20)21-22-23(29(16-25-22)17(2)3)27-24(26-21)28-11-14-31-15-12-28/h7-10,16-17H,4-6,11-15H2,1-3H3. The summed E-state index contributed by atoms with van der Waals surface area (Å²) in [5, 5.41) is 0. The van der Waals surface area contributed by atoms with Crippen molar-refractivity contribution in [2.24, 2.45) is 0 Å². The molecular weight excluding hydrogens is 406 g/mol. The molecule has 32 heavy (non-hydrogen) atoms. The number of hydrogen-bond acceptors (Lipinski definition) is 7. The average molecular weight is 438 g/mol. The van der Waals surface area contributed by atoms with Gasteiger partial charge in [0, 0.05) is 37.5 Å². The van der Waals surface area contributed by atoms with Gasteiger partial charge in [-0.1, -0.05) is 6.92 Å². The molecule has 8 heteroatoms. The van der Waals surface area contributed by atoms with Crippen molar-refractivity contribution in [1.82, 2.24) is 19.5 Å². The Labute approximate surface area is 188 Å². The highest BCUT2D eigenvalue weighted by atomic mass is 16.5. The lowest BCUT2D eigenvalue weighted by Crippen LogP contribution is -2.37. The Bertz CT molecular complexity index is 1060. The van der Waals surface area contributed by atoms with Crippen molar-refractivity contribution in [2.75, 3.05) is 37.8 Å². The fourth-order valence-corrected chi connectivity index (χ4v) is 3.73. The van der Waals surface area contributed by atoms with Gasteiger partial charge in [-0.3, -0.25) is 4.79 Å². The van der Waals surface area contributed by atoms with Crippen molar-refractivity contribution >= 4 is 22.9 Å². The van der Waals surface area contributed by atoms with E-state index in [9.17, 15) is 4.79 Å². The number of ether oxygens (including phenoxy) is 2. The van der Waals surface area contributed by atoms with Crippen LogP contribution in [0.3, 0.4) is 0 Å². The summed E-state index contributed by atoms with van der Waals surface area (Å²) >= 11 is 0. The SMILES string of the molecule is CCC(=O)CCCOc1ccc(-c2nc(N3CCOCC3)nc3c2ncn3C(C)C)cc1. The van der Waals surface area contributed by atoms with Crippen molar-refractivity contribution < 1.29 is 14.3 Å². The predicted molar refractivity (Wildman–Crippen MR) is 124 cm³/mol. The Hall–Kier alpha value is -3.00. The molecule has 1 aliphatic rings. The van der Waals surface area contributed by atoms with Crippen LogP contribution in [0.15, 0.2) is 30.6 Å². The van der Waals surface area contributed by atoms with Crippen LogP contribution in [-0.4, -0.2) is 58.2 Å². The lowest BCUT2D eigenvalue weighted by atomic mass is 10.1. The van der Waals surface area contributed by atoms with E-state index in [4.69, 9.17) is 19.4 Å². The van der Waals surface area contributed by atoms with E-state index in [1.54, 1.807) is 0 Å². The Morgan fingerprint density at radius 2 is 1.91 bits per heavy atom. The largest absolute Gasteiger partial charge is 0.494 e. The fourth-order valence-electron chi connectivity index (χ4n) is 3.73. The quantitative estimate of drug-likeness (QED) is 0.467. The summed E-state index contributed by atoms with van der Waals surface area (Å²) in [7, 11) is 0. The summed E-state index contributed by atoms with van der Waals surface area (Å²) in [6, 6.07) is 8.14. The van der Waals surface area contributed by atoms with Crippen molar-refractivity contribution in [3.8, 4) is 17.0 Å². The van der Waals surface area contributed by atoms with E-state index in [1.807, 2.05) is 37.5 Å². The molecule has 3 aromatic rings. The van der Waals surface area contributed by atoms with Crippen molar-refractivity contribution in [3.63, 3.8) is 0 Å². The maximum atomic E-state index is 11.4. The first-order valence-corrected chi connectivity index (χ1v) is 11.4. The van der Waals surface area contributed by atoms with E-state index in [2.05, 4.69) is 28.3 Å². The predicted octanol–water partition coefficient (Wildman–Crippen LogP) is 4.05. The smallest absolute Gasteiger partial charge is 0.228 e. The number of rotatable bonds is 9. The van der Waals surface area contributed by atoms with Crippen LogP contribution in [0.4, 0.5) is 5.95 Å². The summed E-state index contributed by atoms with van der Waals surface area (Å²) in [5.74, 6) is 1.76. The number of benzene rings is 1. The zero-order valence-corrected chi connectivity index (χ0v) is 19.1. The monoisotopic (exact) mass is 437 g/mol. The molecule has 0 spiro atoms. The van der Waals surface area contributed by atoms with Gasteiger partial charge in [-0.25, -0.2) is 9.97 Å². The van der Waals surface area contributed by atoms with Gasteiger partial charge in [0.1, 0.15) is 22.7 Å². The van der Waals surface area contributed by atoms with Crippen LogP contribution in [0.2, 0.25) is 0 Å². The molecule has 0 unspecified atom stereocenters. The average Bonchev–Trinajstić information content (AvgIpc) is 3.26. The molecule has 8 nitrogen and oxygen atoms in total. The van der Waals surface area contributed by atoms with E-state index >= 15 is 0 Å². The first kappa shape index (κ1) is 22.2. The van der Waals surface area contributed by atoms with Gasteiger partial charge in [0.2, 0.25) is 5.95 Å². The second-order valence-corrected chi connectivity index (χ2v) is 8.26. The van der Waals surface area contributed by atoms with E-state index in [0.29, 0.717) is 38.6 Å². The Balaban J connectivity index is 1.60. The number of fused-ring (bicyclic) bond motifs is 1. The minimum atomic E-state index is 0.246. The highest BCUT2D eigenvalue weighted by Gasteiger charge is 2.20. The fraction of sp³-hybridized carbons (Fsp3) is 0.500. The highest BCUT2D eigenvalue weighted by molar-refractivity contribution is 5.88. The highest BCUT2D eigenvalue weighted by Crippen LogP contribution is 2.30. The molecule has 4 rings (SSSR count). The lowest BCUT2D eigenvalue weighted by molar-refractivity contribution is -0.118. The molecule has 1 fully saturated rings. The lowest BCUT2D eigenvalue weighted by Gasteiger charge is -2.27. The number of carbonyl (C=O) groups is 1. The van der Waals surface area contributed by atoms with Crippen LogP contribution >= 0.6 is 0 Å². The summed E-state index contributed by atoms with van der Waals surface area (Å²) in [5.41, 5.74) is 3.42. The molecule has 0 saturated carbocycles. The summed E-state index contributed by atoms with van der Waals surface area (Å²) < 4.78 is 13.4. The van der Waals surface area contributed by atoms with Crippen LogP contribution in [0.25, 0.3) is 22.4 Å². The summed E-state index contributed by atoms with van der Waals surface area (Å²) in [4.78, 5) is 28.0. The topological polar surface area (TPSA) is 82.4 Å². The second-order valence-electron chi connectivity index (χ2n) is 8.26. The number of nitrogens with zero attached hydrogens (tertiary/aromatic N) is 5. The third-order valence-corrected chi connectivity index (χ3v) is 5.65. The zero-order chi connectivity index (χ0) is 22.5. The first-order valence-electron chi connectivity index (χ1n) is 11.4.